The molecule has 0 aliphatic rings. The summed E-state index contributed by atoms with van der Waals surface area (Å²) in [4.78, 5) is 1.38. The number of nitrogens with two attached hydrogens (primary N) is 1. The SMILES string of the molecule is CC(N(C)C(CCN)C(F)(F)F)C(C)(C)C. The minimum absolute atomic E-state index is 0.0470. The maximum absolute atomic E-state index is 12.8. The quantitative estimate of drug-likeness (QED) is 0.818. The maximum Gasteiger partial charge on any atom is 0.404 e. The molecule has 0 aliphatic carbocycles. The van der Waals surface area contributed by atoms with E-state index in [0.29, 0.717) is 0 Å². The van der Waals surface area contributed by atoms with Crippen molar-refractivity contribution in [3.63, 3.8) is 0 Å². The van der Waals surface area contributed by atoms with Crippen molar-refractivity contribution in [3.05, 3.63) is 0 Å². The maximum atomic E-state index is 12.8. The van der Waals surface area contributed by atoms with Gasteiger partial charge >= 0.3 is 6.18 Å². The van der Waals surface area contributed by atoms with E-state index in [4.69, 9.17) is 5.73 Å². The van der Waals surface area contributed by atoms with Crippen LogP contribution in [0.5, 0.6) is 0 Å². The van der Waals surface area contributed by atoms with Crippen molar-refractivity contribution in [2.45, 2.75) is 52.4 Å². The van der Waals surface area contributed by atoms with Crippen molar-refractivity contribution in [2.75, 3.05) is 13.6 Å². The minimum Gasteiger partial charge on any atom is -0.330 e. The van der Waals surface area contributed by atoms with Gasteiger partial charge in [0.15, 0.2) is 0 Å². The Morgan fingerprint density at radius 1 is 1.19 bits per heavy atom. The number of halogens is 3. The van der Waals surface area contributed by atoms with Crippen molar-refractivity contribution in [1.82, 2.24) is 4.90 Å². The van der Waals surface area contributed by atoms with E-state index in [1.54, 1.807) is 0 Å². The summed E-state index contributed by atoms with van der Waals surface area (Å²) in [5, 5.41) is 0. The molecule has 0 saturated carbocycles. The van der Waals surface area contributed by atoms with Crippen molar-refractivity contribution >= 4 is 0 Å². The zero-order valence-corrected chi connectivity index (χ0v) is 10.7. The Bertz CT molecular complexity index is 208. The fraction of sp³-hybridized carbons (Fsp3) is 1.00. The summed E-state index contributed by atoms with van der Waals surface area (Å²) in [6, 6.07) is -1.61. The van der Waals surface area contributed by atoms with E-state index in [9.17, 15) is 13.2 Å². The standard InChI is InChI=1S/C11H23F3N2/c1-8(10(2,3)4)16(5)9(6-7-15)11(12,13)14/h8-9H,6-7,15H2,1-5H3. The zero-order chi connectivity index (χ0) is 13.1. The van der Waals surface area contributed by atoms with Gasteiger partial charge in [-0.2, -0.15) is 13.2 Å². The third-order valence-electron chi connectivity index (χ3n) is 3.17. The minimum atomic E-state index is -4.21. The van der Waals surface area contributed by atoms with Crippen molar-refractivity contribution in [1.29, 1.82) is 0 Å². The van der Waals surface area contributed by atoms with Crippen LogP contribution in [0.15, 0.2) is 0 Å². The molecule has 2 atom stereocenters. The van der Waals surface area contributed by atoms with E-state index < -0.39 is 12.2 Å². The first-order valence-corrected chi connectivity index (χ1v) is 5.50. The number of hydrogen-bond donors (Lipinski definition) is 1. The molecule has 2 nitrogen and oxygen atoms in total. The van der Waals surface area contributed by atoms with Gasteiger partial charge in [-0.3, -0.25) is 4.90 Å². The molecule has 0 saturated heterocycles. The molecule has 0 heterocycles. The van der Waals surface area contributed by atoms with Crippen LogP contribution in [0.25, 0.3) is 0 Å². The number of hydrogen-bond acceptors (Lipinski definition) is 2. The highest BCUT2D eigenvalue weighted by Gasteiger charge is 2.44. The fourth-order valence-electron chi connectivity index (χ4n) is 1.64. The van der Waals surface area contributed by atoms with Crippen LogP contribution in [0.3, 0.4) is 0 Å². The van der Waals surface area contributed by atoms with Crippen LogP contribution in [0.2, 0.25) is 0 Å². The monoisotopic (exact) mass is 240 g/mol. The first kappa shape index (κ1) is 15.7. The van der Waals surface area contributed by atoms with Crippen LogP contribution in [0, 0.1) is 5.41 Å². The van der Waals surface area contributed by atoms with Gasteiger partial charge in [-0.25, -0.2) is 0 Å². The summed E-state index contributed by atoms with van der Waals surface area (Å²) in [6.45, 7) is 7.67. The van der Waals surface area contributed by atoms with Gasteiger partial charge in [-0.15, -0.1) is 0 Å². The summed E-state index contributed by atoms with van der Waals surface area (Å²) in [5.41, 5.74) is 5.06. The Morgan fingerprint density at radius 2 is 1.62 bits per heavy atom. The molecule has 0 aromatic carbocycles. The van der Waals surface area contributed by atoms with Crippen LogP contribution in [0.4, 0.5) is 13.2 Å². The van der Waals surface area contributed by atoms with E-state index in [1.807, 2.05) is 27.7 Å². The van der Waals surface area contributed by atoms with Gasteiger partial charge in [0, 0.05) is 6.04 Å². The third-order valence-corrected chi connectivity index (χ3v) is 3.17. The van der Waals surface area contributed by atoms with Crippen LogP contribution in [0.1, 0.15) is 34.1 Å². The normalized spacial score (nSPS) is 17.6. The number of nitrogens with zero attached hydrogens (tertiary/aromatic N) is 1. The predicted molar refractivity (Wildman–Crippen MR) is 60.2 cm³/mol. The second-order valence-electron chi connectivity index (χ2n) is 5.34. The van der Waals surface area contributed by atoms with Gasteiger partial charge in [0.1, 0.15) is 6.04 Å². The zero-order valence-electron chi connectivity index (χ0n) is 10.7. The lowest BCUT2D eigenvalue weighted by Crippen LogP contribution is -2.52. The molecule has 0 aromatic rings. The predicted octanol–water partition coefficient (Wildman–Crippen LogP) is 2.63. The van der Waals surface area contributed by atoms with E-state index in [-0.39, 0.29) is 24.4 Å². The lowest BCUT2D eigenvalue weighted by Gasteiger charge is -2.40. The summed E-state index contributed by atoms with van der Waals surface area (Å²) >= 11 is 0. The average Bonchev–Trinajstić information content (AvgIpc) is 2.08. The fourth-order valence-corrected chi connectivity index (χ4v) is 1.64. The van der Waals surface area contributed by atoms with Gasteiger partial charge < -0.3 is 5.73 Å². The van der Waals surface area contributed by atoms with Gasteiger partial charge in [0.05, 0.1) is 0 Å². The second kappa shape index (κ2) is 5.36. The largest absolute Gasteiger partial charge is 0.404 e. The van der Waals surface area contributed by atoms with Gasteiger partial charge in [0.25, 0.3) is 0 Å². The molecule has 2 N–H and O–H groups in total. The Morgan fingerprint density at radius 3 is 1.88 bits per heavy atom. The van der Waals surface area contributed by atoms with Crippen molar-refractivity contribution in [2.24, 2.45) is 11.1 Å². The van der Waals surface area contributed by atoms with Crippen LogP contribution in [-0.2, 0) is 0 Å². The van der Waals surface area contributed by atoms with Crippen LogP contribution in [-0.4, -0.2) is 36.8 Å². The molecule has 2 unspecified atom stereocenters. The third kappa shape index (κ3) is 4.29. The lowest BCUT2D eigenvalue weighted by atomic mass is 9.86. The molecule has 0 aliphatic heterocycles. The highest BCUT2D eigenvalue weighted by molar-refractivity contribution is 4.85. The van der Waals surface area contributed by atoms with E-state index in [0.717, 1.165) is 0 Å². The average molecular weight is 240 g/mol. The summed E-state index contributed by atoms with van der Waals surface area (Å²) in [7, 11) is 1.52. The first-order chi connectivity index (χ1) is 7.01. The van der Waals surface area contributed by atoms with Gasteiger partial charge in [0.2, 0.25) is 0 Å². The van der Waals surface area contributed by atoms with Crippen molar-refractivity contribution < 1.29 is 13.2 Å². The number of rotatable bonds is 4. The molecule has 0 spiro atoms. The smallest absolute Gasteiger partial charge is 0.330 e. The Balaban J connectivity index is 4.81. The summed E-state index contributed by atoms with van der Waals surface area (Å²) in [6.07, 6.45) is -4.27. The van der Waals surface area contributed by atoms with Gasteiger partial charge in [-0.1, -0.05) is 20.8 Å². The molecule has 16 heavy (non-hydrogen) atoms. The molecule has 0 fully saturated rings. The molecular formula is C11H23F3N2. The first-order valence-electron chi connectivity index (χ1n) is 5.50. The van der Waals surface area contributed by atoms with E-state index in [1.165, 1.54) is 11.9 Å². The topological polar surface area (TPSA) is 29.3 Å². The molecule has 0 amide bonds. The highest BCUT2D eigenvalue weighted by Crippen LogP contribution is 2.32. The molecule has 0 bridgehead atoms. The van der Waals surface area contributed by atoms with Crippen LogP contribution >= 0.6 is 0 Å². The number of alkyl halides is 3. The molecule has 98 valence electrons. The van der Waals surface area contributed by atoms with Crippen LogP contribution < -0.4 is 5.73 Å². The Kier molecular flexibility index (Phi) is 5.26. The van der Waals surface area contributed by atoms with E-state index in [2.05, 4.69) is 0 Å². The molecule has 0 radical (unpaired) electrons. The lowest BCUT2D eigenvalue weighted by molar-refractivity contribution is -0.190. The Labute approximate surface area is 96.0 Å². The Hall–Kier alpha value is -0.290. The highest BCUT2D eigenvalue weighted by atomic mass is 19.4. The van der Waals surface area contributed by atoms with Gasteiger partial charge in [-0.05, 0) is 32.4 Å². The molecule has 5 heteroatoms. The molecular weight excluding hydrogens is 217 g/mol. The summed E-state index contributed by atoms with van der Waals surface area (Å²) < 4.78 is 38.4. The van der Waals surface area contributed by atoms with Crippen molar-refractivity contribution in [3.8, 4) is 0 Å². The summed E-state index contributed by atoms with van der Waals surface area (Å²) in [5.74, 6) is 0. The van der Waals surface area contributed by atoms with E-state index >= 15 is 0 Å². The second-order valence-corrected chi connectivity index (χ2v) is 5.34. The molecule has 0 rings (SSSR count). The molecule has 0 aromatic heterocycles.